The highest BCUT2D eigenvalue weighted by Crippen LogP contribution is 2.32. The Morgan fingerprint density at radius 1 is 1.61 bits per heavy atom. The predicted octanol–water partition coefficient (Wildman–Crippen LogP) is 1.33. The highest BCUT2D eigenvalue weighted by molar-refractivity contribution is 5.84. The van der Waals surface area contributed by atoms with E-state index in [0.717, 1.165) is 6.42 Å². The minimum Gasteiger partial charge on any atom is -0.389 e. The number of nitrogens with two attached hydrogens (primary N) is 1. The van der Waals surface area contributed by atoms with E-state index in [1.165, 1.54) is 12.1 Å². The Hall–Kier alpha value is -1.62. The molecular formula is C13H17FN2O2. The average molecular weight is 252 g/mol. The van der Waals surface area contributed by atoms with Crippen LogP contribution in [0.4, 0.5) is 10.1 Å². The number of benzene rings is 1. The first kappa shape index (κ1) is 12.8. The minimum atomic E-state index is -0.787. The molecule has 4 nitrogen and oxygen atoms in total. The molecule has 0 radical (unpaired) electrons. The van der Waals surface area contributed by atoms with Crippen molar-refractivity contribution in [3.8, 4) is 0 Å². The van der Waals surface area contributed by atoms with Gasteiger partial charge in [0.2, 0.25) is 5.91 Å². The summed E-state index contributed by atoms with van der Waals surface area (Å²) in [6.45, 7) is 2.27. The van der Waals surface area contributed by atoms with Crippen LogP contribution in [0.15, 0.2) is 18.2 Å². The standard InChI is InChI=1S/C13H17FN2O2/c1-8(17)10-7-9(14)4-5-11(10)16-6-2-3-12(16)13(15)18/h4-5,7-8,12,17H,2-3,6H2,1H3,(H2,15,18)/t8-,12?/m0/s1. The zero-order valence-electron chi connectivity index (χ0n) is 10.3. The van der Waals surface area contributed by atoms with E-state index in [2.05, 4.69) is 0 Å². The number of carbonyl (C=O) groups excluding carboxylic acids is 1. The van der Waals surface area contributed by atoms with Crippen molar-refractivity contribution >= 4 is 11.6 Å². The first-order valence-electron chi connectivity index (χ1n) is 6.04. The Morgan fingerprint density at radius 3 is 2.94 bits per heavy atom. The summed E-state index contributed by atoms with van der Waals surface area (Å²) in [4.78, 5) is 13.2. The molecule has 98 valence electrons. The lowest BCUT2D eigenvalue weighted by atomic mass is 10.1. The monoisotopic (exact) mass is 252 g/mol. The molecule has 1 unspecified atom stereocenters. The number of halogens is 1. The molecule has 0 saturated carbocycles. The molecule has 1 aromatic rings. The summed E-state index contributed by atoms with van der Waals surface area (Å²) in [5, 5.41) is 9.70. The van der Waals surface area contributed by atoms with Crippen LogP contribution in [0, 0.1) is 5.82 Å². The molecule has 5 heteroatoms. The van der Waals surface area contributed by atoms with Crippen molar-refractivity contribution in [2.45, 2.75) is 31.9 Å². The summed E-state index contributed by atoms with van der Waals surface area (Å²) in [6, 6.07) is 3.86. The van der Waals surface area contributed by atoms with Crippen molar-refractivity contribution < 1.29 is 14.3 Å². The second-order valence-corrected chi connectivity index (χ2v) is 4.63. The number of anilines is 1. The van der Waals surface area contributed by atoms with Crippen molar-refractivity contribution in [2.24, 2.45) is 5.73 Å². The number of hydrogen-bond acceptors (Lipinski definition) is 3. The Bertz CT molecular complexity index is 462. The quantitative estimate of drug-likeness (QED) is 0.853. The molecule has 1 amide bonds. The molecule has 1 saturated heterocycles. The lowest BCUT2D eigenvalue weighted by Crippen LogP contribution is -2.40. The van der Waals surface area contributed by atoms with Gasteiger partial charge in [-0.25, -0.2) is 4.39 Å². The normalized spacial score (nSPS) is 21.1. The second kappa shape index (κ2) is 4.94. The van der Waals surface area contributed by atoms with E-state index in [0.29, 0.717) is 24.2 Å². The van der Waals surface area contributed by atoms with Crippen molar-refractivity contribution in [3.05, 3.63) is 29.6 Å². The number of primary amides is 1. The summed E-state index contributed by atoms with van der Waals surface area (Å²) >= 11 is 0. The maximum absolute atomic E-state index is 13.2. The highest BCUT2D eigenvalue weighted by atomic mass is 19.1. The van der Waals surface area contributed by atoms with Gasteiger partial charge in [-0.15, -0.1) is 0 Å². The van der Waals surface area contributed by atoms with E-state index < -0.39 is 11.9 Å². The molecule has 3 N–H and O–H groups in total. The second-order valence-electron chi connectivity index (χ2n) is 4.63. The molecule has 2 rings (SSSR count). The zero-order valence-corrected chi connectivity index (χ0v) is 10.3. The fourth-order valence-corrected chi connectivity index (χ4v) is 2.47. The van der Waals surface area contributed by atoms with Crippen LogP contribution in [0.2, 0.25) is 0 Å². The third-order valence-corrected chi connectivity index (χ3v) is 3.33. The third kappa shape index (κ3) is 2.31. The van der Waals surface area contributed by atoms with Crippen LogP contribution < -0.4 is 10.6 Å². The van der Waals surface area contributed by atoms with Gasteiger partial charge in [0.25, 0.3) is 0 Å². The van der Waals surface area contributed by atoms with Crippen molar-refractivity contribution in [3.63, 3.8) is 0 Å². The molecular weight excluding hydrogens is 235 g/mol. The fourth-order valence-electron chi connectivity index (χ4n) is 2.47. The first-order valence-corrected chi connectivity index (χ1v) is 6.04. The van der Waals surface area contributed by atoms with Crippen LogP contribution in [0.3, 0.4) is 0 Å². The van der Waals surface area contributed by atoms with E-state index in [-0.39, 0.29) is 11.9 Å². The van der Waals surface area contributed by atoms with Crippen LogP contribution in [0.1, 0.15) is 31.4 Å². The Labute approximate surface area is 105 Å². The van der Waals surface area contributed by atoms with Crippen LogP contribution in [0.5, 0.6) is 0 Å². The molecule has 0 spiro atoms. The number of aliphatic hydroxyl groups excluding tert-OH is 1. The average Bonchev–Trinajstić information content (AvgIpc) is 2.77. The van der Waals surface area contributed by atoms with E-state index in [4.69, 9.17) is 5.73 Å². The summed E-state index contributed by atoms with van der Waals surface area (Å²) in [5.41, 5.74) is 6.54. The van der Waals surface area contributed by atoms with Crippen molar-refractivity contribution in [2.75, 3.05) is 11.4 Å². The number of nitrogens with zero attached hydrogens (tertiary/aromatic N) is 1. The Morgan fingerprint density at radius 2 is 2.33 bits per heavy atom. The number of aliphatic hydroxyl groups is 1. The molecule has 18 heavy (non-hydrogen) atoms. The van der Waals surface area contributed by atoms with Crippen LogP contribution in [-0.4, -0.2) is 23.6 Å². The first-order chi connectivity index (χ1) is 8.50. The fraction of sp³-hybridized carbons (Fsp3) is 0.462. The van der Waals surface area contributed by atoms with Crippen molar-refractivity contribution in [1.82, 2.24) is 0 Å². The topological polar surface area (TPSA) is 66.6 Å². The number of hydrogen-bond donors (Lipinski definition) is 2. The number of amides is 1. The summed E-state index contributed by atoms with van der Waals surface area (Å²) in [5.74, 6) is -0.780. The molecule has 2 atom stereocenters. The highest BCUT2D eigenvalue weighted by Gasteiger charge is 2.31. The predicted molar refractivity (Wildman–Crippen MR) is 66.6 cm³/mol. The molecule has 0 bridgehead atoms. The van der Waals surface area contributed by atoms with Gasteiger partial charge in [-0.3, -0.25) is 4.79 Å². The smallest absolute Gasteiger partial charge is 0.240 e. The minimum absolute atomic E-state index is 0.368. The van der Waals surface area contributed by atoms with Crippen molar-refractivity contribution in [1.29, 1.82) is 0 Å². The zero-order chi connectivity index (χ0) is 13.3. The SMILES string of the molecule is C[C@H](O)c1cc(F)ccc1N1CCCC1C(N)=O. The van der Waals surface area contributed by atoms with Crippen LogP contribution in [0.25, 0.3) is 0 Å². The van der Waals surface area contributed by atoms with Gasteiger partial charge in [0.1, 0.15) is 11.9 Å². The van der Waals surface area contributed by atoms with Gasteiger partial charge in [0.15, 0.2) is 0 Å². The van der Waals surface area contributed by atoms with Gasteiger partial charge in [-0.05, 0) is 38.0 Å². The van der Waals surface area contributed by atoms with Gasteiger partial charge in [0.05, 0.1) is 6.10 Å². The number of rotatable bonds is 3. The maximum Gasteiger partial charge on any atom is 0.240 e. The van der Waals surface area contributed by atoms with Gasteiger partial charge in [-0.2, -0.15) is 0 Å². The van der Waals surface area contributed by atoms with E-state index in [1.54, 1.807) is 13.0 Å². The molecule has 1 aliphatic heterocycles. The molecule has 0 aromatic heterocycles. The molecule has 1 aliphatic rings. The lowest BCUT2D eigenvalue weighted by Gasteiger charge is -2.27. The van der Waals surface area contributed by atoms with Gasteiger partial charge in [-0.1, -0.05) is 0 Å². The van der Waals surface area contributed by atoms with Gasteiger partial charge in [0, 0.05) is 17.8 Å². The molecule has 1 aromatic carbocycles. The van der Waals surface area contributed by atoms with Crippen LogP contribution in [-0.2, 0) is 4.79 Å². The Balaban J connectivity index is 2.41. The largest absolute Gasteiger partial charge is 0.389 e. The Kier molecular flexibility index (Phi) is 3.52. The lowest BCUT2D eigenvalue weighted by molar-refractivity contribution is -0.119. The number of carbonyl (C=O) groups is 1. The summed E-state index contributed by atoms with van der Waals surface area (Å²) in [7, 11) is 0. The van der Waals surface area contributed by atoms with E-state index >= 15 is 0 Å². The van der Waals surface area contributed by atoms with E-state index in [9.17, 15) is 14.3 Å². The molecule has 0 aliphatic carbocycles. The van der Waals surface area contributed by atoms with Gasteiger partial charge < -0.3 is 15.7 Å². The summed E-state index contributed by atoms with van der Waals surface area (Å²) < 4.78 is 13.2. The van der Waals surface area contributed by atoms with Crippen LogP contribution >= 0.6 is 0 Å². The molecule has 1 fully saturated rings. The third-order valence-electron chi connectivity index (χ3n) is 3.33. The van der Waals surface area contributed by atoms with Gasteiger partial charge >= 0.3 is 0 Å². The maximum atomic E-state index is 13.2. The molecule has 1 heterocycles. The summed E-state index contributed by atoms with van der Waals surface area (Å²) in [6.07, 6.45) is 0.778. The van der Waals surface area contributed by atoms with E-state index in [1.807, 2.05) is 4.90 Å².